The molecule has 2 fully saturated rings. The number of hydrogen-bond donors (Lipinski definition) is 1. The van der Waals surface area contributed by atoms with E-state index in [4.69, 9.17) is 0 Å². The van der Waals surface area contributed by atoms with Gasteiger partial charge in [-0.25, -0.2) is 0 Å². The van der Waals surface area contributed by atoms with Crippen molar-refractivity contribution >= 4 is 5.91 Å². The third kappa shape index (κ3) is 3.25. The fraction of sp³-hybridized carbons (Fsp3) is 0.933. The lowest BCUT2D eigenvalue weighted by Crippen LogP contribution is -2.49. The fourth-order valence-corrected chi connectivity index (χ4v) is 3.33. The first-order chi connectivity index (χ1) is 8.58. The molecule has 0 radical (unpaired) electrons. The molecule has 3 nitrogen and oxygen atoms in total. The molecule has 18 heavy (non-hydrogen) atoms. The van der Waals surface area contributed by atoms with Crippen molar-refractivity contribution in [2.75, 3.05) is 13.1 Å². The Bertz CT molecular complexity index is 292. The summed E-state index contributed by atoms with van der Waals surface area (Å²) >= 11 is 0. The third-order valence-corrected chi connectivity index (χ3v) is 4.76. The first kappa shape index (κ1) is 13.9. The molecule has 2 aliphatic heterocycles. The molecule has 1 amide bonds. The van der Waals surface area contributed by atoms with Gasteiger partial charge >= 0.3 is 0 Å². The summed E-state index contributed by atoms with van der Waals surface area (Å²) < 4.78 is 0. The molecule has 2 aliphatic rings. The van der Waals surface area contributed by atoms with E-state index in [9.17, 15) is 4.79 Å². The van der Waals surface area contributed by atoms with Crippen molar-refractivity contribution < 1.29 is 4.79 Å². The predicted molar refractivity (Wildman–Crippen MR) is 74.4 cm³/mol. The van der Waals surface area contributed by atoms with Crippen LogP contribution in [0.3, 0.4) is 0 Å². The van der Waals surface area contributed by atoms with Gasteiger partial charge in [0.05, 0.1) is 0 Å². The smallest absolute Gasteiger partial charge is 0.224 e. The zero-order valence-corrected chi connectivity index (χ0v) is 12.1. The lowest BCUT2D eigenvalue weighted by Gasteiger charge is -2.39. The van der Waals surface area contributed by atoms with Crippen LogP contribution < -0.4 is 5.32 Å². The van der Waals surface area contributed by atoms with Gasteiger partial charge in [0.15, 0.2) is 0 Å². The van der Waals surface area contributed by atoms with Gasteiger partial charge in [-0.2, -0.15) is 0 Å². The number of carbonyl (C=O) groups is 1. The number of carbonyl (C=O) groups excluding carboxylic acids is 1. The number of rotatable bonds is 2. The van der Waals surface area contributed by atoms with Crippen molar-refractivity contribution in [3.05, 3.63) is 0 Å². The topological polar surface area (TPSA) is 32.3 Å². The molecule has 2 heterocycles. The third-order valence-electron chi connectivity index (χ3n) is 4.76. The van der Waals surface area contributed by atoms with Crippen molar-refractivity contribution in [2.45, 2.75) is 65.0 Å². The summed E-state index contributed by atoms with van der Waals surface area (Å²) in [4.78, 5) is 14.6. The van der Waals surface area contributed by atoms with Gasteiger partial charge in [0.1, 0.15) is 0 Å². The Morgan fingerprint density at radius 1 is 1.22 bits per heavy atom. The largest absolute Gasteiger partial charge is 0.340 e. The quantitative estimate of drug-likeness (QED) is 0.818. The summed E-state index contributed by atoms with van der Waals surface area (Å²) in [5.41, 5.74) is 0. The highest BCUT2D eigenvalue weighted by molar-refractivity contribution is 5.77. The number of nitrogens with one attached hydrogen (secondary N) is 1. The molecule has 3 heteroatoms. The second kappa shape index (κ2) is 6.05. The Morgan fingerprint density at radius 2 is 2.00 bits per heavy atom. The maximum Gasteiger partial charge on any atom is 0.224 e. The first-order valence-corrected chi connectivity index (χ1v) is 7.60. The van der Waals surface area contributed by atoms with E-state index in [1.807, 2.05) is 0 Å². The number of amides is 1. The molecule has 1 N–H and O–H groups in total. The number of hydrogen-bond acceptors (Lipinski definition) is 2. The predicted octanol–water partition coefficient (Wildman–Crippen LogP) is 2.41. The molecule has 104 valence electrons. The lowest BCUT2D eigenvalue weighted by molar-refractivity contribution is -0.136. The highest BCUT2D eigenvalue weighted by Gasteiger charge is 2.30. The van der Waals surface area contributed by atoms with Gasteiger partial charge in [0, 0.05) is 25.0 Å². The van der Waals surface area contributed by atoms with Crippen molar-refractivity contribution in [1.29, 1.82) is 0 Å². The Kier molecular flexibility index (Phi) is 4.66. The van der Waals surface area contributed by atoms with Crippen molar-refractivity contribution in [1.82, 2.24) is 10.2 Å². The van der Waals surface area contributed by atoms with E-state index in [0.29, 0.717) is 36.2 Å². The average molecular weight is 252 g/mol. The van der Waals surface area contributed by atoms with Crippen LogP contribution in [0.25, 0.3) is 0 Å². The number of nitrogens with zero attached hydrogens (tertiary/aromatic N) is 1. The molecule has 0 aromatic carbocycles. The van der Waals surface area contributed by atoms with Crippen LogP contribution in [0.4, 0.5) is 0 Å². The van der Waals surface area contributed by atoms with Crippen molar-refractivity contribution in [3.63, 3.8) is 0 Å². The van der Waals surface area contributed by atoms with Gasteiger partial charge in [-0.15, -0.1) is 0 Å². The first-order valence-electron chi connectivity index (χ1n) is 7.60. The van der Waals surface area contributed by atoms with Crippen LogP contribution in [0.15, 0.2) is 0 Å². The molecular formula is C15H28N2O. The Morgan fingerprint density at radius 3 is 2.72 bits per heavy atom. The summed E-state index contributed by atoms with van der Waals surface area (Å²) in [5.74, 6) is 1.67. The maximum atomic E-state index is 12.5. The minimum atomic E-state index is 0.361. The van der Waals surface area contributed by atoms with E-state index in [2.05, 4.69) is 31.0 Å². The summed E-state index contributed by atoms with van der Waals surface area (Å²) in [7, 11) is 0. The van der Waals surface area contributed by atoms with Gasteiger partial charge < -0.3 is 10.2 Å². The van der Waals surface area contributed by atoms with E-state index in [1.54, 1.807) is 0 Å². The highest BCUT2D eigenvalue weighted by Crippen LogP contribution is 2.24. The van der Waals surface area contributed by atoms with Crippen molar-refractivity contribution in [2.24, 2.45) is 11.8 Å². The van der Waals surface area contributed by atoms with Gasteiger partial charge in [-0.05, 0) is 51.0 Å². The monoisotopic (exact) mass is 252 g/mol. The lowest BCUT2D eigenvalue weighted by atomic mass is 9.89. The van der Waals surface area contributed by atoms with E-state index in [-0.39, 0.29) is 0 Å². The zero-order valence-electron chi connectivity index (χ0n) is 12.1. The summed E-state index contributed by atoms with van der Waals surface area (Å²) in [6.45, 7) is 8.76. The average Bonchev–Trinajstić information content (AvgIpc) is 2.35. The maximum absolute atomic E-state index is 12.5. The van der Waals surface area contributed by atoms with Crippen LogP contribution >= 0.6 is 0 Å². The SMILES string of the molecule is CC1CCC(C)N(C(=O)CC2NCCCC2C)C1. The van der Waals surface area contributed by atoms with Crippen molar-refractivity contribution in [3.8, 4) is 0 Å². The van der Waals surface area contributed by atoms with Crippen LogP contribution in [-0.4, -0.2) is 36.0 Å². The Hall–Kier alpha value is -0.570. The second-order valence-corrected chi connectivity index (χ2v) is 6.46. The van der Waals surface area contributed by atoms with Crippen LogP contribution in [0.2, 0.25) is 0 Å². The molecule has 2 saturated heterocycles. The zero-order chi connectivity index (χ0) is 13.1. The van der Waals surface area contributed by atoms with Crippen LogP contribution in [0.1, 0.15) is 52.9 Å². The molecule has 0 aromatic rings. The van der Waals surface area contributed by atoms with E-state index in [0.717, 1.165) is 13.1 Å². The van der Waals surface area contributed by atoms with Crippen LogP contribution in [0, 0.1) is 11.8 Å². The van der Waals surface area contributed by atoms with Gasteiger partial charge in [0.2, 0.25) is 5.91 Å². The highest BCUT2D eigenvalue weighted by atomic mass is 16.2. The number of likely N-dealkylation sites (tertiary alicyclic amines) is 1. The van der Waals surface area contributed by atoms with Crippen LogP contribution in [-0.2, 0) is 4.79 Å². The molecule has 0 bridgehead atoms. The molecule has 4 atom stereocenters. The van der Waals surface area contributed by atoms with Gasteiger partial charge in [0.25, 0.3) is 0 Å². The summed E-state index contributed by atoms with van der Waals surface area (Å²) in [6.07, 6.45) is 5.64. The van der Waals surface area contributed by atoms with E-state index in [1.165, 1.54) is 25.7 Å². The molecule has 0 aromatic heterocycles. The minimum absolute atomic E-state index is 0.361. The molecular weight excluding hydrogens is 224 g/mol. The fourth-order valence-electron chi connectivity index (χ4n) is 3.33. The van der Waals surface area contributed by atoms with Gasteiger partial charge in [-0.3, -0.25) is 4.79 Å². The number of piperidine rings is 2. The van der Waals surface area contributed by atoms with Gasteiger partial charge in [-0.1, -0.05) is 13.8 Å². The molecule has 0 saturated carbocycles. The molecule has 0 spiro atoms. The van der Waals surface area contributed by atoms with Crippen LogP contribution in [0.5, 0.6) is 0 Å². The summed E-state index contributed by atoms with van der Waals surface area (Å²) in [5, 5.41) is 3.52. The standard InChI is InChI=1S/C15H28N2O/c1-11-6-7-13(3)17(10-11)15(18)9-14-12(2)5-4-8-16-14/h11-14,16H,4-10H2,1-3H3. The van der Waals surface area contributed by atoms with E-state index < -0.39 is 0 Å². The Balaban J connectivity index is 1.89. The van der Waals surface area contributed by atoms with E-state index >= 15 is 0 Å². The summed E-state index contributed by atoms with van der Waals surface area (Å²) in [6, 6.07) is 0.836. The minimum Gasteiger partial charge on any atom is -0.340 e. The molecule has 2 rings (SSSR count). The molecule has 0 aliphatic carbocycles. The second-order valence-electron chi connectivity index (χ2n) is 6.46. The normalized spacial score (nSPS) is 37.6. The Labute approximate surface area is 111 Å². The molecule has 4 unspecified atom stereocenters.